The number of morpholine rings is 1. The number of aliphatic hydroxyl groups is 1. The van der Waals surface area contributed by atoms with E-state index >= 15 is 0 Å². The first-order valence-corrected chi connectivity index (χ1v) is 10.9. The predicted molar refractivity (Wildman–Crippen MR) is 116 cm³/mol. The lowest BCUT2D eigenvalue weighted by Crippen LogP contribution is -2.43. The highest BCUT2D eigenvalue weighted by Gasteiger charge is 2.21. The third kappa shape index (κ3) is 5.76. The van der Waals surface area contributed by atoms with E-state index < -0.39 is 6.10 Å². The Balaban J connectivity index is 1.28. The first-order valence-electron chi connectivity index (χ1n) is 10.9. The maximum atomic E-state index is 12.3. The Morgan fingerprint density at radius 1 is 1.16 bits per heavy atom. The van der Waals surface area contributed by atoms with Crippen molar-refractivity contribution in [2.75, 3.05) is 39.5 Å². The molecule has 1 aliphatic heterocycles. The molecule has 7 heteroatoms. The molecular weight excluding hydrogens is 396 g/mol. The predicted octanol–water partition coefficient (Wildman–Crippen LogP) is 1.81. The Morgan fingerprint density at radius 2 is 1.94 bits per heavy atom. The first kappa shape index (κ1) is 21.6. The van der Waals surface area contributed by atoms with Crippen LogP contribution >= 0.6 is 0 Å². The molecule has 2 atom stereocenters. The quantitative estimate of drug-likeness (QED) is 0.626. The van der Waals surface area contributed by atoms with Crippen LogP contribution in [0, 0.1) is 0 Å². The summed E-state index contributed by atoms with van der Waals surface area (Å²) in [6, 6.07) is 13.0. The molecule has 7 nitrogen and oxygen atoms in total. The van der Waals surface area contributed by atoms with Gasteiger partial charge in [-0.15, -0.1) is 0 Å². The second-order valence-corrected chi connectivity index (χ2v) is 8.17. The number of benzene rings is 2. The van der Waals surface area contributed by atoms with Gasteiger partial charge in [0.2, 0.25) is 0 Å². The molecule has 0 saturated carbocycles. The minimum Gasteiger partial charge on any atom is -0.508 e. The molecule has 1 saturated heterocycles. The van der Waals surface area contributed by atoms with Crippen molar-refractivity contribution in [3.05, 3.63) is 59.2 Å². The van der Waals surface area contributed by atoms with Crippen LogP contribution in [-0.4, -0.2) is 66.5 Å². The number of carbonyl (C=O) groups is 1. The highest BCUT2D eigenvalue weighted by atomic mass is 16.5. The highest BCUT2D eigenvalue weighted by molar-refractivity contribution is 5.77. The fraction of sp³-hybridized carbons (Fsp3) is 0.458. The van der Waals surface area contributed by atoms with Crippen LogP contribution in [0.3, 0.4) is 0 Å². The Hall–Kier alpha value is -2.61. The van der Waals surface area contributed by atoms with Crippen LogP contribution in [0.5, 0.6) is 11.5 Å². The molecule has 0 spiro atoms. The number of phenols is 1. The number of hydrogen-bond donors (Lipinski definition) is 3. The molecule has 0 aromatic heterocycles. The van der Waals surface area contributed by atoms with E-state index in [-0.39, 0.29) is 24.3 Å². The number of ether oxygens (including phenoxy) is 2. The van der Waals surface area contributed by atoms with E-state index in [0.717, 1.165) is 24.8 Å². The van der Waals surface area contributed by atoms with Gasteiger partial charge in [-0.3, -0.25) is 4.79 Å². The van der Waals surface area contributed by atoms with Crippen LogP contribution in [0.1, 0.15) is 29.2 Å². The summed E-state index contributed by atoms with van der Waals surface area (Å²) in [5, 5.41) is 23.3. The number of nitrogens with zero attached hydrogens (tertiary/aromatic N) is 1. The molecule has 166 valence electrons. The van der Waals surface area contributed by atoms with Crippen molar-refractivity contribution in [3.63, 3.8) is 0 Å². The van der Waals surface area contributed by atoms with Crippen LogP contribution in [0.2, 0.25) is 0 Å². The molecule has 0 unspecified atom stereocenters. The van der Waals surface area contributed by atoms with E-state index in [1.165, 1.54) is 11.1 Å². The summed E-state index contributed by atoms with van der Waals surface area (Å²) in [4.78, 5) is 14.1. The van der Waals surface area contributed by atoms with Crippen LogP contribution in [0.15, 0.2) is 42.5 Å². The standard InChI is InChI=1S/C24H30N2O5/c27-21-6-2-18(3-7-21)23(28)15-25-20-5-1-17-4-8-22(14-19(17)13-20)31-16-24(29)26-9-11-30-12-10-26/h2-4,6-8,14,20,23,25,27-28H,1,5,9-13,15-16H2/t20-,23-/m1/s1. The molecule has 2 aromatic rings. The number of aryl methyl sites for hydroxylation is 1. The van der Waals surface area contributed by atoms with Crippen molar-refractivity contribution in [3.8, 4) is 11.5 Å². The van der Waals surface area contributed by atoms with Gasteiger partial charge >= 0.3 is 0 Å². The molecular formula is C24H30N2O5. The van der Waals surface area contributed by atoms with Gasteiger partial charge in [0.05, 0.1) is 19.3 Å². The molecule has 31 heavy (non-hydrogen) atoms. The Labute approximate surface area is 182 Å². The molecule has 2 aromatic carbocycles. The molecule has 1 heterocycles. The third-order valence-corrected chi connectivity index (χ3v) is 6.01. The molecule has 4 rings (SSSR count). The van der Waals surface area contributed by atoms with Gasteiger partial charge in [0.1, 0.15) is 11.5 Å². The number of hydrogen-bond acceptors (Lipinski definition) is 6. The summed E-state index contributed by atoms with van der Waals surface area (Å²) >= 11 is 0. The van der Waals surface area contributed by atoms with Crippen LogP contribution in [0.4, 0.5) is 0 Å². The molecule has 2 aliphatic rings. The average Bonchev–Trinajstić information content (AvgIpc) is 2.81. The second kappa shape index (κ2) is 10.1. The van der Waals surface area contributed by atoms with Gasteiger partial charge in [0.25, 0.3) is 5.91 Å². The number of rotatable bonds is 7. The number of nitrogens with one attached hydrogen (secondary N) is 1. The fourth-order valence-corrected chi connectivity index (χ4v) is 4.14. The number of carbonyl (C=O) groups excluding carboxylic acids is 1. The average molecular weight is 427 g/mol. The zero-order valence-corrected chi connectivity index (χ0v) is 17.6. The van der Waals surface area contributed by atoms with Crippen molar-refractivity contribution in [1.82, 2.24) is 10.2 Å². The van der Waals surface area contributed by atoms with Gasteiger partial charge in [-0.25, -0.2) is 0 Å². The number of aliphatic hydroxyl groups excluding tert-OH is 1. The minimum absolute atomic E-state index is 0.0104. The fourth-order valence-electron chi connectivity index (χ4n) is 4.14. The summed E-state index contributed by atoms with van der Waals surface area (Å²) in [5.41, 5.74) is 3.31. The van der Waals surface area contributed by atoms with Gasteiger partial charge in [0, 0.05) is 25.7 Å². The van der Waals surface area contributed by atoms with E-state index in [0.29, 0.717) is 38.6 Å². The van der Waals surface area contributed by atoms with Gasteiger partial charge in [-0.05, 0) is 60.2 Å². The largest absolute Gasteiger partial charge is 0.508 e. The highest BCUT2D eigenvalue weighted by Crippen LogP contribution is 2.26. The molecule has 0 bridgehead atoms. The van der Waals surface area contributed by atoms with Crippen LogP contribution < -0.4 is 10.1 Å². The maximum absolute atomic E-state index is 12.3. The molecule has 1 fully saturated rings. The van der Waals surface area contributed by atoms with Crippen molar-refractivity contribution < 1.29 is 24.5 Å². The molecule has 0 radical (unpaired) electrons. The number of phenolic OH excluding ortho intramolecular Hbond substituents is 1. The van der Waals surface area contributed by atoms with Crippen molar-refractivity contribution >= 4 is 5.91 Å². The SMILES string of the molecule is O=C(COc1ccc2c(c1)C[C@H](NC[C@@H](O)c1ccc(O)cc1)CC2)N1CCOCC1. The number of fused-ring (bicyclic) bond motifs is 1. The maximum Gasteiger partial charge on any atom is 0.260 e. The summed E-state index contributed by atoms with van der Waals surface area (Å²) in [6.45, 7) is 2.90. The second-order valence-electron chi connectivity index (χ2n) is 8.17. The Bertz CT molecular complexity index is 880. The van der Waals surface area contributed by atoms with E-state index in [4.69, 9.17) is 9.47 Å². The Morgan fingerprint density at radius 3 is 2.71 bits per heavy atom. The van der Waals surface area contributed by atoms with Crippen molar-refractivity contribution in [2.45, 2.75) is 31.4 Å². The smallest absolute Gasteiger partial charge is 0.260 e. The molecule has 1 amide bonds. The molecule has 1 aliphatic carbocycles. The molecule has 3 N–H and O–H groups in total. The van der Waals surface area contributed by atoms with E-state index in [1.54, 1.807) is 29.2 Å². The van der Waals surface area contributed by atoms with Crippen LogP contribution in [0.25, 0.3) is 0 Å². The first-order chi connectivity index (χ1) is 15.1. The third-order valence-electron chi connectivity index (χ3n) is 6.01. The summed E-state index contributed by atoms with van der Waals surface area (Å²) in [5.74, 6) is 0.895. The van der Waals surface area contributed by atoms with Gasteiger partial charge < -0.3 is 29.9 Å². The van der Waals surface area contributed by atoms with Crippen LogP contribution in [-0.2, 0) is 22.4 Å². The number of aromatic hydroxyl groups is 1. The summed E-state index contributed by atoms with van der Waals surface area (Å²) in [6.07, 6.45) is 2.20. The van der Waals surface area contributed by atoms with E-state index in [9.17, 15) is 15.0 Å². The minimum atomic E-state index is -0.622. The Kier molecular flexibility index (Phi) is 7.06. The van der Waals surface area contributed by atoms with Gasteiger partial charge in [0.15, 0.2) is 6.61 Å². The van der Waals surface area contributed by atoms with Gasteiger partial charge in [-0.1, -0.05) is 18.2 Å². The topological polar surface area (TPSA) is 91.3 Å². The van der Waals surface area contributed by atoms with Gasteiger partial charge in [-0.2, -0.15) is 0 Å². The summed E-state index contributed by atoms with van der Waals surface area (Å²) in [7, 11) is 0. The summed E-state index contributed by atoms with van der Waals surface area (Å²) < 4.78 is 11.1. The lowest BCUT2D eigenvalue weighted by atomic mass is 9.88. The van der Waals surface area contributed by atoms with E-state index in [2.05, 4.69) is 11.4 Å². The van der Waals surface area contributed by atoms with E-state index in [1.807, 2.05) is 12.1 Å². The lowest BCUT2D eigenvalue weighted by molar-refractivity contribution is -0.137. The zero-order valence-electron chi connectivity index (χ0n) is 17.6. The lowest BCUT2D eigenvalue weighted by Gasteiger charge is -2.28. The zero-order chi connectivity index (χ0) is 21.6. The number of amides is 1. The normalized spacial score (nSPS) is 19.5. The van der Waals surface area contributed by atoms with Crippen molar-refractivity contribution in [1.29, 1.82) is 0 Å². The van der Waals surface area contributed by atoms with Crippen molar-refractivity contribution in [2.24, 2.45) is 0 Å². The monoisotopic (exact) mass is 426 g/mol.